The van der Waals surface area contributed by atoms with Gasteiger partial charge in [-0.1, -0.05) is 0 Å². The molecule has 0 radical (unpaired) electrons. The van der Waals surface area contributed by atoms with Crippen molar-refractivity contribution in [3.63, 3.8) is 0 Å². The fourth-order valence-electron chi connectivity index (χ4n) is 2.72. The SMILES string of the molecule is c1cncc(-c2nc3c([nH]2)CN(Cc2ncc[nH]2)CC3)c1. The van der Waals surface area contributed by atoms with Crippen molar-refractivity contribution < 1.29 is 0 Å². The maximum absolute atomic E-state index is 4.71. The number of hydrogen-bond donors (Lipinski definition) is 2. The molecular weight excluding hydrogens is 264 g/mol. The number of fused-ring (bicyclic) bond motifs is 1. The summed E-state index contributed by atoms with van der Waals surface area (Å²) in [6.07, 6.45) is 8.23. The van der Waals surface area contributed by atoms with Gasteiger partial charge in [0.25, 0.3) is 0 Å². The van der Waals surface area contributed by atoms with Crippen molar-refractivity contribution in [1.29, 1.82) is 0 Å². The van der Waals surface area contributed by atoms with Crippen molar-refractivity contribution in [3.05, 3.63) is 54.1 Å². The molecule has 6 nitrogen and oxygen atoms in total. The number of aromatic amines is 2. The molecule has 21 heavy (non-hydrogen) atoms. The lowest BCUT2D eigenvalue weighted by Gasteiger charge is -2.24. The van der Waals surface area contributed by atoms with Gasteiger partial charge < -0.3 is 9.97 Å². The summed E-state index contributed by atoms with van der Waals surface area (Å²) in [5.41, 5.74) is 3.40. The summed E-state index contributed by atoms with van der Waals surface area (Å²) in [6.45, 7) is 2.72. The summed E-state index contributed by atoms with van der Waals surface area (Å²) >= 11 is 0. The third-order valence-electron chi connectivity index (χ3n) is 3.77. The van der Waals surface area contributed by atoms with Crippen molar-refractivity contribution in [1.82, 2.24) is 29.8 Å². The number of rotatable bonds is 3. The second-order valence-electron chi connectivity index (χ2n) is 5.25. The molecule has 3 aromatic heterocycles. The van der Waals surface area contributed by atoms with Crippen LogP contribution >= 0.6 is 0 Å². The summed E-state index contributed by atoms with van der Waals surface area (Å²) in [4.78, 5) is 22.1. The molecule has 0 amide bonds. The highest BCUT2D eigenvalue weighted by Crippen LogP contribution is 2.22. The van der Waals surface area contributed by atoms with Gasteiger partial charge in [0.05, 0.1) is 17.9 Å². The molecule has 106 valence electrons. The molecule has 1 aliphatic heterocycles. The van der Waals surface area contributed by atoms with Gasteiger partial charge in [-0.15, -0.1) is 0 Å². The van der Waals surface area contributed by atoms with E-state index in [1.54, 1.807) is 12.4 Å². The van der Waals surface area contributed by atoms with Crippen LogP contribution in [0.3, 0.4) is 0 Å². The third kappa shape index (κ3) is 2.45. The van der Waals surface area contributed by atoms with Crippen LogP contribution < -0.4 is 0 Å². The van der Waals surface area contributed by atoms with Crippen molar-refractivity contribution in [2.24, 2.45) is 0 Å². The number of hydrogen-bond acceptors (Lipinski definition) is 4. The van der Waals surface area contributed by atoms with Crippen LogP contribution in [0.5, 0.6) is 0 Å². The molecule has 4 rings (SSSR count). The first-order chi connectivity index (χ1) is 10.4. The fraction of sp³-hybridized carbons (Fsp3) is 0.267. The van der Waals surface area contributed by atoms with Crippen LogP contribution in [-0.2, 0) is 19.5 Å². The smallest absolute Gasteiger partial charge is 0.139 e. The molecule has 3 aromatic rings. The number of aromatic nitrogens is 5. The van der Waals surface area contributed by atoms with Crippen LogP contribution in [0.2, 0.25) is 0 Å². The minimum atomic E-state index is 0.841. The minimum absolute atomic E-state index is 0.841. The van der Waals surface area contributed by atoms with Crippen molar-refractivity contribution in [3.8, 4) is 11.4 Å². The van der Waals surface area contributed by atoms with Gasteiger partial charge in [0.2, 0.25) is 0 Å². The zero-order valence-corrected chi connectivity index (χ0v) is 11.6. The van der Waals surface area contributed by atoms with E-state index in [1.807, 2.05) is 24.5 Å². The average molecular weight is 280 g/mol. The molecule has 0 spiro atoms. The lowest BCUT2D eigenvalue weighted by Crippen LogP contribution is -2.30. The highest BCUT2D eigenvalue weighted by molar-refractivity contribution is 5.54. The first kappa shape index (κ1) is 12.3. The van der Waals surface area contributed by atoms with Gasteiger partial charge >= 0.3 is 0 Å². The van der Waals surface area contributed by atoms with E-state index in [-0.39, 0.29) is 0 Å². The zero-order valence-electron chi connectivity index (χ0n) is 11.6. The van der Waals surface area contributed by atoms with E-state index in [0.29, 0.717) is 0 Å². The largest absolute Gasteiger partial charge is 0.348 e. The maximum Gasteiger partial charge on any atom is 0.139 e. The normalized spacial score (nSPS) is 15.0. The van der Waals surface area contributed by atoms with Crippen LogP contribution in [-0.4, -0.2) is 36.4 Å². The number of nitrogens with zero attached hydrogens (tertiary/aromatic N) is 4. The second kappa shape index (κ2) is 5.14. The Bertz CT molecular complexity index is 716. The van der Waals surface area contributed by atoms with E-state index in [9.17, 15) is 0 Å². The molecule has 0 aromatic carbocycles. The Morgan fingerprint density at radius 1 is 1.29 bits per heavy atom. The van der Waals surface area contributed by atoms with Crippen LogP contribution in [0, 0.1) is 0 Å². The van der Waals surface area contributed by atoms with Gasteiger partial charge in [-0.05, 0) is 12.1 Å². The Kier molecular flexibility index (Phi) is 3.01. The van der Waals surface area contributed by atoms with Gasteiger partial charge in [-0.3, -0.25) is 9.88 Å². The number of pyridine rings is 1. The average Bonchev–Trinajstić information content (AvgIpc) is 3.17. The Labute approximate surface area is 122 Å². The summed E-state index contributed by atoms with van der Waals surface area (Å²) in [7, 11) is 0. The Balaban J connectivity index is 1.54. The predicted molar refractivity (Wildman–Crippen MR) is 78.2 cm³/mol. The molecular formula is C15H16N6. The van der Waals surface area contributed by atoms with Crippen LogP contribution in [0.25, 0.3) is 11.4 Å². The topological polar surface area (TPSA) is 73.5 Å². The molecule has 1 aliphatic rings. The monoisotopic (exact) mass is 280 g/mol. The molecule has 0 aliphatic carbocycles. The quantitative estimate of drug-likeness (QED) is 0.766. The van der Waals surface area contributed by atoms with E-state index in [0.717, 1.165) is 43.3 Å². The van der Waals surface area contributed by atoms with E-state index in [2.05, 4.69) is 24.8 Å². The molecule has 0 atom stereocenters. The van der Waals surface area contributed by atoms with Crippen molar-refractivity contribution in [2.75, 3.05) is 6.54 Å². The van der Waals surface area contributed by atoms with Crippen molar-refractivity contribution in [2.45, 2.75) is 19.5 Å². The fourth-order valence-corrected chi connectivity index (χ4v) is 2.72. The Morgan fingerprint density at radius 3 is 3.10 bits per heavy atom. The van der Waals surface area contributed by atoms with Gasteiger partial charge in [-0.25, -0.2) is 9.97 Å². The minimum Gasteiger partial charge on any atom is -0.348 e. The van der Waals surface area contributed by atoms with Gasteiger partial charge in [-0.2, -0.15) is 0 Å². The van der Waals surface area contributed by atoms with E-state index in [1.165, 1.54) is 11.4 Å². The maximum atomic E-state index is 4.71. The summed E-state index contributed by atoms with van der Waals surface area (Å²) in [5, 5.41) is 0. The first-order valence-corrected chi connectivity index (χ1v) is 7.07. The summed E-state index contributed by atoms with van der Waals surface area (Å²) in [5.74, 6) is 1.92. The molecule has 0 saturated heterocycles. The molecule has 0 unspecified atom stereocenters. The second-order valence-corrected chi connectivity index (χ2v) is 5.25. The van der Waals surface area contributed by atoms with Crippen LogP contribution in [0.1, 0.15) is 17.2 Å². The van der Waals surface area contributed by atoms with Gasteiger partial charge in [0.15, 0.2) is 0 Å². The molecule has 0 bridgehead atoms. The summed E-state index contributed by atoms with van der Waals surface area (Å²) < 4.78 is 0. The zero-order chi connectivity index (χ0) is 14.1. The number of imidazole rings is 2. The van der Waals surface area contributed by atoms with Crippen molar-refractivity contribution >= 4 is 0 Å². The Hall–Kier alpha value is -2.47. The van der Waals surface area contributed by atoms with Crippen LogP contribution in [0.15, 0.2) is 36.9 Å². The first-order valence-electron chi connectivity index (χ1n) is 7.07. The Morgan fingerprint density at radius 2 is 2.29 bits per heavy atom. The lowest BCUT2D eigenvalue weighted by molar-refractivity contribution is 0.236. The standard InChI is InChI=1S/C15H16N6/c1-2-11(8-16-4-1)15-19-12-3-7-21(9-13(12)20-15)10-14-17-5-6-18-14/h1-2,4-6,8H,3,7,9-10H2,(H,17,18)(H,19,20). The predicted octanol–water partition coefficient (Wildman–Crippen LogP) is 1.75. The summed E-state index contributed by atoms with van der Waals surface area (Å²) in [6, 6.07) is 3.96. The van der Waals surface area contributed by atoms with E-state index < -0.39 is 0 Å². The number of H-pyrrole nitrogens is 2. The van der Waals surface area contributed by atoms with Gasteiger partial charge in [0, 0.05) is 49.9 Å². The molecule has 6 heteroatoms. The van der Waals surface area contributed by atoms with E-state index in [4.69, 9.17) is 4.98 Å². The molecule has 0 fully saturated rings. The number of nitrogens with one attached hydrogen (secondary N) is 2. The molecule has 4 heterocycles. The lowest BCUT2D eigenvalue weighted by atomic mass is 10.1. The van der Waals surface area contributed by atoms with Crippen LogP contribution in [0.4, 0.5) is 0 Å². The highest BCUT2D eigenvalue weighted by atomic mass is 15.2. The molecule has 0 saturated carbocycles. The third-order valence-corrected chi connectivity index (χ3v) is 3.77. The molecule has 2 N–H and O–H groups in total. The van der Waals surface area contributed by atoms with E-state index >= 15 is 0 Å². The van der Waals surface area contributed by atoms with Gasteiger partial charge in [0.1, 0.15) is 11.6 Å². The highest BCUT2D eigenvalue weighted by Gasteiger charge is 2.21.